The van der Waals surface area contributed by atoms with E-state index in [1.807, 2.05) is 0 Å². The van der Waals surface area contributed by atoms with Crippen LogP contribution in [0.2, 0.25) is 0 Å². The maximum atomic E-state index is 12.7. The molecule has 0 rings (SSSR count). The molecule has 9 nitrogen and oxygen atoms in total. The molecule has 10 heteroatoms. The molecule has 0 aliphatic heterocycles. The van der Waals surface area contributed by atoms with Gasteiger partial charge < -0.3 is 18.9 Å². The van der Waals surface area contributed by atoms with Gasteiger partial charge in [0.1, 0.15) is 16.8 Å². The second-order valence-corrected chi connectivity index (χ2v) is 10.1. The van der Waals surface area contributed by atoms with Crippen LogP contribution in [0, 0.1) is 0 Å². The lowest BCUT2D eigenvalue weighted by Crippen LogP contribution is -2.53. The number of hydrogen-bond acceptors (Lipinski definition) is 9. The summed E-state index contributed by atoms with van der Waals surface area (Å²) in [4.78, 5) is 50.3. The first-order valence-electron chi connectivity index (χ1n) is 9.05. The van der Waals surface area contributed by atoms with E-state index in [1.165, 1.54) is 0 Å². The predicted molar refractivity (Wildman–Crippen MR) is 109 cm³/mol. The van der Waals surface area contributed by atoms with Crippen LogP contribution in [0.25, 0.3) is 0 Å². The lowest BCUT2D eigenvalue weighted by molar-refractivity contribution is -0.145. The van der Waals surface area contributed by atoms with Crippen LogP contribution in [0.3, 0.4) is 0 Å². The van der Waals surface area contributed by atoms with Gasteiger partial charge in [0.25, 0.3) is 0 Å². The van der Waals surface area contributed by atoms with Crippen LogP contribution in [-0.2, 0) is 23.7 Å². The van der Waals surface area contributed by atoms with Gasteiger partial charge in [0.2, 0.25) is 0 Å². The van der Waals surface area contributed by atoms with Gasteiger partial charge in [0, 0.05) is 5.75 Å². The fourth-order valence-electron chi connectivity index (χ4n) is 1.76. The van der Waals surface area contributed by atoms with Gasteiger partial charge in [-0.15, -0.1) is 0 Å². The minimum atomic E-state index is -1.46. The molecule has 0 aromatic carbocycles. The Bertz CT molecular complexity index is 585. The van der Waals surface area contributed by atoms with Crippen molar-refractivity contribution in [2.45, 2.75) is 85.2 Å². The van der Waals surface area contributed by atoms with Crippen molar-refractivity contribution in [3.63, 3.8) is 0 Å². The van der Waals surface area contributed by atoms with Crippen LogP contribution in [0.15, 0.2) is 0 Å². The van der Waals surface area contributed by atoms with E-state index in [1.54, 1.807) is 62.3 Å². The Hall–Kier alpha value is -1.97. The summed E-state index contributed by atoms with van der Waals surface area (Å²) in [6.45, 7) is 14.7. The highest BCUT2D eigenvalue weighted by Gasteiger charge is 2.41. The van der Waals surface area contributed by atoms with Gasteiger partial charge in [-0.3, -0.25) is 0 Å². The molecule has 168 valence electrons. The van der Waals surface area contributed by atoms with Crippen molar-refractivity contribution in [3.05, 3.63) is 0 Å². The Balaban J connectivity index is 5.78. The zero-order valence-corrected chi connectivity index (χ0v) is 19.7. The number of carbonyl (C=O) groups is 4. The first-order valence-corrected chi connectivity index (χ1v) is 10.0. The third-order valence-electron chi connectivity index (χ3n) is 2.71. The van der Waals surface area contributed by atoms with E-state index in [-0.39, 0.29) is 5.75 Å². The average molecular weight is 436 g/mol. The Kier molecular flexibility index (Phi) is 9.49. The normalized spacial score (nSPS) is 13.2. The molecule has 29 heavy (non-hydrogen) atoms. The van der Waals surface area contributed by atoms with Gasteiger partial charge in [-0.05, 0) is 74.1 Å². The Morgan fingerprint density at radius 3 is 1.45 bits per heavy atom. The molecule has 0 bridgehead atoms. The molecule has 0 aromatic rings. The zero-order valence-electron chi connectivity index (χ0n) is 18.9. The fourth-order valence-corrected chi connectivity index (χ4v) is 2.65. The van der Waals surface area contributed by atoms with E-state index >= 15 is 0 Å². The van der Waals surface area contributed by atoms with Gasteiger partial charge in [-0.2, -0.15) is 4.90 Å². The van der Waals surface area contributed by atoms with Crippen molar-refractivity contribution in [1.29, 1.82) is 0 Å². The number of methoxy groups -OCH3 is 1. The minimum absolute atomic E-state index is 0.292. The summed E-state index contributed by atoms with van der Waals surface area (Å²) in [5.74, 6) is -1.20. The van der Waals surface area contributed by atoms with E-state index in [0.717, 1.165) is 7.11 Å². The van der Waals surface area contributed by atoms with Crippen LogP contribution >= 0.6 is 11.8 Å². The van der Waals surface area contributed by atoms with Crippen molar-refractivity contribution in [3.8, 4) is 0 Å². The molecule has 0 N–H and O–H groups in total. The summed E-state index contributed by atoms with van der Waals surface area (Å²) < 4.78 is 20.4. The zero-order chi connectivity index (χ0) is 23.2. The van der Waals surface area contributed by atoms with E-state index < -0.39 is 46.3 Å². The minimum Gasteiger partial charge on any atom is -0.467 e. The molecule has 0 aliphatic carbocycles. The van der Waals surface area contributed by atoms with Crippen molar-refractivity contribution in [2.75, 3.05) is 12.9 Å². The van der Waals surface area contributed by atoms with Gasteiger partial charge in [0.15, 0.2) is 6.04 Å². The summed E-state index contributed by atoms with van der Waals surface area (Å²) in [7, 11) is 1.11. The molecule has 0 spiro atoms. The van der Waals surface area contributed by atoms with E-state index in [4.69, 9.17) is 18.9 Å². The summed E-state index contributed by atoms with van der Waals surface area (Å²) in [5, 5.41) is -0.667. The Morgan fingerprint density at radius 2 is 1.14 bits per heavy atom. The lowest BCUT2D eigenvalue weighted by atomic mass is 10.2. The first kappa shape index (κ1) is 27.0. The van der Waals surface area contributed by atoms with Crippen LogP contribution in [0.5, 0.6) is 0 Å². The SMILES string of the molecule is COC(=O)C(CSC(=O)OC(C)(C)C)N(C(=O)OC(C)(C)C)C(=O)OC(C)(C)C. The van der Waals surface area contributed by atoms with Gasteiger partial charge in [-0.25, -0.2) is 19.2 Å². The van der Waals surface area contributed by atoms with Gasteiger partial charge in [0.05, 0.1) is 7.11 Å². The maximum Gasteiger partial charge on any atom is 0.420 e. The number of rotatable bonds is 4. The smallest absolute Gasteiger partial charge is 0.420 e. The van der Waals surface area contributed by atoms with Crippen LogP contribution in [0.1, 0.15) is 62.3 Å². The molecule has 0 saturated carbocycles. The molecular weight excluding hydrogens is 402 g/mol. The molecule has 0 fully saturated rings. The molecule has 1 atom stereocenters. The monoisotopic (exact) mass is 435 g/mol. The number of carbonyl (C=O) groups excluding carboxylic acids is 4. The van der Waals surface area contributed by atoms with Crippen LogP contribution in [0.4, 0.5) is 14.4 Å². The number of hydrogen-bond donors (Lipinski definition) is 0. The first-order chi connectivity index (χ1) is 12.9. The molecule has 0 radical (unpaired) electrons. The van der Waals surface area contributed by atoms with E-state index in [2.05, 4.69) is 0 Å². The maximum absolute atomic E-state index is 12.7. The highest BCUT2D eigenvalue weighted by atomic mass is 32.2. The van der Waals surface area contributed by atoms with Crippen molar-refractivity contribution < 1.29 is 38.1 Å². The highest BCUT2D eigenvalue weighted by molar-refractivity contribution is 8.13. The Labute approximate surface area is 176 Å². The second kappa shape index (κ2) is 10.2. The molecule has 0 aromatic heterocycles. The number of amides is 2. The fraction of sp³-hybridized carbons (Fsp3) is 0.789. The summed E-state index contributed by atoms with van der Waals surface area (Å²) >= 11 is 0.635. The third kappa shape index (κ3) is 11.6. The van der Waals surface area contributed by atoms with Crippen molar-refractivity contribution in [2.24, 2.45) is 0 Å². The summed E-state index contributed by atoms with van der Waals surface area (Å²) in [6, 6.07) is -1.46. The van der Waals surface area contributed by atoms with Crippen LogP contribution in [-0.4, -0.2) is 64.1 Å². The third-order valence-corrected chi connectivity index (χ3v) is 3.52. The van der Waals surface area contributed by atoms with Crippen molar-refractivity contribution in [1.82, 2.24) is 4.90 Å². The summed E-state index contributed by atoms with van der Waals surface area (Å²) in [6.07, 6.45) is -2.18. The molecular formula is C19H33NO8S. The molecule has 0 saturated heterocycles. The standard InChI is InChI=1S/C19H33NO8S/c1-17(2,3)26-14(22)20(15(23)27-18(4,5)6)12(13(21)25-10)11-29-16(24)28-19(7,8)9/h12H,11H2,1-10H3. The van der Waals surface area contributed by atoms with E-state index in [0.29, 0.717) is 16.7 Å². The summed E-state index contributed by atoms with van der Waals surface area (Å²) in [5.41, 5.74) is -2.60. The molecule has 2 amide bonds. The Morgan fingerprint density at radius 1 is 0.759 bits per heavy atom. The van der Waals surface area contributed by atoms with Gasteiger partial charge in [-0.1, -0.05) is 0 Å². The molecule has 0 aliphatic rings. The largest absolute Gasteiger partial charge is 0.467 e. The quantitative estimate of drug-likeness (QED) is 0.470. The lowest BCUT2D eigenvalue weighted by Gasteiger charge is -2.32. The predicted octanol–water partition coefficient (Wildman–Crippen LogP) is 4.37. The number of thioether (sulfide) groups is 1. The van der Waals surface area contributed by atoms with E-state index in [9.17, 15) is 19.2 Å². The van der Waals surface area contributed by atoms with Crippen molar-refractivity contribution >= 4 is 35.2 Å². The van der Waals surface area contributed by atoms with Crippen LogP contribution < -0.4 is 0 Å². The number of imide groups is 1. The molecule has 1 unspecified atom stereocenters. The molecule has 0 heterocycles. The topological polar surface area (TPSA) is 108 Å². The van der Waals surface area contributed by atoms with Gasteiger partial charge >= 0.3 is 23.5 Å². The second-order valence-electron chi connectivity index (χ2n) is 9.15. The average Bonchev–Trinajstić information content (AvgIpc) is 2.44. The highest BCUT2D eigenvalue weighted by Crippen LogP contribution is 2.22. The number of nitrogens with zero attached hydrogens (tertiary/aromatic N) is 1. The number of ether oxygens (including phenoxy) is 4. The number of esters is 1.